The minimum Gasteiger partial charge on any atom is -0.497 e. The molecule has 102 valence electrons. The van der Waals surface area contributed by atoms with Gasteiger partial charge in [-0.25, -0.2) is 4.79 Å². The summed E-state index contributed by atoms with van der Waals surface area (Å²) in [5.74, 6) is 0.891. The number of nitrogens with zero attached hydrogens (tertiary/aromatic N) is 1. The first kappa shape index (κ1) is 13.4. The van der Waals surface area contributed by atoms with Crippen LogP contribution in [0.4, 0.5) is 4.79 Å². The van der Waals surface area contributed by atoms with Crippen LogP contribution in [0.1, 0.15) is 24.9 Å². The monoisotopic (exact) mass is 262 g/mol. The number of ether oxygens (including phenoxy) is 1. The number of carbonyl (C=O) groups excluding carboxylic acids is 2. The summed E-state index contributed by atoms with van der Waals surface area (Å²) in [4.78, 5) is 24.4. The second-order valence-corrected chi connectivity index (χ2v) is 4.67. The molecule has 1 heterocycles. The summed E-state index contributed by atoms with van der Waals surface area (Å²) in [5.41, 5.74) is 1.04. The van der Waals surface area contributed by atoms with Gasteiger partial charge in [-0.1, -0.05) is 12.1 Å². The van der Waals surface area contributed by atoms with Crippen LogP contribution in [-0.2, 0) is 4.79 Å². The van der Waals surface area contributed by atoms with Crippen molar-refractivity contribution >= 4 is 11.8 Å². The van der Waals surface area contributed by atoms with E-state index in [1.807, 2.05) is 24.3 Å². The van der Waals surface area contributed by atoms with Crippen molar-refractivity contribution in [1.82, 2.24) is 10.2 Å². The number of hydrogen-bond acceptors (Lipinski definition) is 3. The normalized spacial score (nSPS) is 18.3. The Morgan fingerprint density at radius 1 is 1.42 bits per heavy atom. The number of benzene rings is 1. The molecule has 0 aliphatic carbocycles. The van der Waals surface area contributed by atoms with Gasteiger partial charge < -0.3 is 15.0 Å². The molecule has 0 spiro atoms. The molecule has 1 aromatic carbocycles. The van der Waals surface area contributed by atoms with Gasteiger partial charge in [-0.2, -0.15) is 0 Å². The van der Waals surface area contributed by atoms with Crippen molar-refractivity contribution < 1.29 is 14.3 Å². The summed E-state index contributed by atoms with van der Waals surface area (Å²) in [6, 6.07) is 7.50. The summed E-state index contributed by atoms with van der Waals surface area (Å²) in [6.07, 6.45) is 0.406. The molecule has 2 amide bonds. The maximum atomic E-state index is 11.8. The zero-order valence-corrected chi connectivity index (χ0v) is 11.2. The number of carbonyl (C=O) groups is 2. The molecular formula is C14H18N2O3. The molecule has 1 aliphatic rings. The standard InChI is InChI=1S/C14H18N2O3/c1-10(17)7-8-16-9-13(15-14(16)18)11-3-5-12(19-2)6-4-11/h3-6,13H,7-9H2,1-2H3,(H,15,18). The van der Waals surface area contributed by atoms with E-state index in [-0.39, 0.29) is 17.9 Å². The van der Waals surface area contributed by atoms with Gasteiger partial charge in [0.15, 0.2) is 0 Å². The van der Waals surface area contributed by atoms with E-state index in [0.29, 0.717) is 19.5 Å². The lowest BCUT2D eigenvalue weighted by Crippen LogP contribution is -2.29. The Morgan fingerprint density at radius 3 is 2.68 bits per heavy atom. The third-order valence-electron chi connectivity index (χ3n) is 3.24. The fourth-order valence-electron chi connectivity index (χ4n) is 2.10. The smallest absolute Gasteiger partial charge is 0.318 e. The highest BCUT2D eigenvalue weighted by Crippen LogP contribution is 2.22. The Bertz CT molecular complexity index is 470. The summed E-state index contributed by atoms with van der Waals surface area (Å²) < 4.78 is 5.10. The van der Waals surface area contributed by atoms with E-state index in [2.05, 4.69) is 5.32 Å². The first-order valence-corrected chi connectivity index (χ1v) is 6.29. The van der Waals surface area contributed by atoms with E-state index < -0.39 is 0 Å². The van der Waals surface area contributed by atoms with Crippen LogP contribution in [0.2, 0.25) is 0 Å². The lowest BCUT2D eigenvalue weighted by atomic mass is 10.1. The molecule has 19 heavy (non-hydrogen) atoms. The quantitative estimate of drug-likeness (QED) is 0.879. The number of amides is 2. The van der Waals surface area contributed by atoms with E-state index in [1.165, 1.54) is 6.92 Å². The fourth-order valence-corrected chi connectivity index (χ4v) is 2.10. The van der Waals surface area contributed by atoms with Crippen molar-refractivity contribution in [3.63, 3.8) is 0 Å². The van der Waals surface area contributed by atoms with Gasteiger partial charge in [0.05, 0.1) is 13.2 Å². The van der Waals surface area contributed by atoms with Crippen LogP contribution in [-0.4, -0.2) is 36.9 Å². The maximum absolute atomic E-state index is 11.8. The van der Waals surface area contributed by atoms with Crippen molar-refractivity contribution in [3.05, 3.63) is 29.8 Å². The Labute approximate surface area is 112 Å². The lowest BCUT2D eigenvalue weighted by Gasteiger charge is -2.13. The van der Waals surface area contributed by atoms with E-state index >= 15 is 0 Å². The average molecular weight is 262 g/mol. The Morgan fingerprint density at radius 2 is 2.11 bits per heavy atom. The minimum atomic E-state index is -0.109. The van der Waals surface area contributed by atoms with Gasteiger partial charge in [0, 0.05) is 19.5 Å². The van der Waals surface area contributed by atoms with Gasteiger partial charge >= 0.3 is 6.03 Å². The number of Topliss-reactive ketones (excluding diaryl/α,β-unsaturated/α-hetero) is 1. The van der Waals surface area contributed by atoms with Crippen LogP contribution in [0.3, 0.4) is 0 Å². The van der Waals surface area contributed by atoms with E-state index in [4.69, 9.17) is 4.74 Å². The maximum Gasteiger partial charge on any atom is 0.318 e. The molecule has 2 rings (SSSR count). The zero-order valence-electron chi connectivity index (χ0n) is 11.2. The molecule has 1 unspecified atom stereocenters. The van der Waals surface area contributed by atoms with Gasteiger partial charge in [-0.15, -0.1) is 0 Å². The van der Waals surface area contributed by atoms with Crippen LogP contribution in [0.5, 0.6) is 5.75 Å². The largest absolute Gasteiger partial charge is 0.497 e. The Kier molecular flexibility index (Phi) is 4.04. The Hall–Kier alpha value is -2.04. The predicted octanol–water partition coefficient (Wildman–Crippen LogP) is 1.74. The van der Waals surface area contributed by atoms with Crippen LogP contribution >= 0.6 is 0 Å². The van der Waals surface area contributed by atoms with Crippen molar-refractivity contribution in [1.29, 1.82) is 0 Å². The summed E-state index contributed by atoms with van der Waals surface area (Å²) in [5, 5.41) is 2.92. The number of rotatable bonds is 5. The molecular weight excluding hydrogens is 244 g/mol. The van der Waals surface area contributed by atoms with Crippen LogP contribution in [0.15, 0.2) is 24.3 Å². The molecule has 1 N–H and O–H groups in total. The van der Waals surface area contributed by atoms with Crippen LogP contribution in [0.25, 0.3) is 0 Å². The summed E-state index contributed by atoms with van der Waals surface area (Å²) in [6.45, 7) is 2.61. The van der Waals surface area contributed by atoms with Gasteiger partial charge in [-0.05, 0) is 24.6 Å². The predicted molar refractivity (Wildman–Crippen MR) is 71.1 cm³/mol. The number of methoxy groups -OCH3 is 1. The molecule has 5 nitrogen and oxygen atoms in total. The SMILES string of the molecule is COc1ccc(C2CN(CCC(C)=O)C(=O)N2)cc1. The highest BCUT2D eigenvalue weighted by Gasteiger charge is 2.29. The molecule has 0 aromatic heterocycles. The van der Waals surface area contributed by atoms with Gasteiger partial charge in [0.2, 0.25) is 0 Å². The highest BCUT2D eigenvalue weighted by atomic mass is 16.5. The van der Waals surface area contributed by atoms with Crippen LogP contribution in [0, 0.1) is 0 Å². The summed E-state index contributed by atoms with van der Waals surface area (Å²) >= 11 is 0. The fraction of sp³-hybridized carbons (Fsp3) is 0.429. The molecule has 1 saturated heterocycles. The minimum absolute atomic E-state index is 0.0228. The van der Waals surface area contributed by atoms with Gasteiger partial charge in [0.1, 0.15) is 11.5 Å². The molecule has 0 radical (unpaired) electrons. The van der Waals surface area contributed by atoms with Gasteiger partial charge in [0.25, 0.3) is 0 Å². The third-order valence-corrected chi connectivity index (χ3v) is 3.24. The van der Waals surface area contributed by atoms with Crippen LogP contribution < -0.4 is 10.1 Å². The molecule has 1 fully saturated rings. The topological polar surface area (TPSA) is 58.6 Å². The number of hydrogen-bond donors (Lipinski definition) is 1. The molecule has 0 bridgehead atoms. The number of nitrogens with one attached hydrogen (secondary N) is 1. The highest BCUT2D eigenvalue weighted by molar-refractivity contribution is 5.79. The van der Waals surface area contributed by atoms with E-state index in [0.717, 1.165) is 11.3 Å². The summed E-state index contributed by atoms with van der Waals surface area (Å²) in [7, 11) is 1.62. The number of ketones is 1. The van der Waals surface area contributed by atoms with Crippen molar-refractivity contribution in [2.75, 3.05) is 20.2 Å². The number of urea groups is 1. The van der Waals surface area contributed by atoms with Crippen molar-refractivity contribution in [3.8, 4) is 5.75 Å². The Balaban J connectivity index is 1.99. The zero-order chi connectivity index (χ0) is 13.8. The first-order chi connectivity index (χ1) is 9.10. The molecule has 5 heteroatoms. The van der Waals surface area contributed by atoms with E-state index in [9.17, 15) is 9.59 Å². The third kappa shape index (κ3) is 3.24. The second kappa shape index (κ2) is 5.73. The molecule has 1 aromatic rings. The van der Waals surface area contributed by atoms with E-state index in [1.54, 1.807) is 12.0 Å². The van der Waals surface area contributed by atoms with Gasteiger partial charge in [-0.3, -0.25) is 4.79 Å². The average Bonchev–Trinajstić information content (AvgIpc) is 2.78. The lowest BCUT2D eigenvalue weighted by molar-refractivity contribution is -0.117. The molecule has 1 aliphatic heterocycles. The second-order valence-electron chi connectivity index (χ2n) is 4.67. The first-order valence-electron chi connectivity index (χ1n) is 6.29. The molecule has 0 saturated carbocycles. The molecule has 1 atom stereocenters. The van der Waals surface area contributed by atoms with Crippen molar-refractivity contribution in [2.45, 2.75) is 19.4 Å². The van der Waals surface area contributed by atoms with Crippen molar-refractivity contribution in [2.24, 2.45) is 0 Å².